The zero-order chi connectivity index (χ0) is 15.6. The lowest BCUT2D eigenvalue weighted by molar-refractivity contribution is -0.125. The van der Waals surface area contributed by atoms with E-state index in [1.54, 1.807) is 6.20 Å². The number of benzene rings is 1. The number of para-hydroxylation sites is 1. The molecule has 5 heteroatoms. The van der Waals surface area contributed by atoms with E-state index >= 15 is 0 Å². The number of nitrogens with zero attached hydrogens (tertiary/aromatic N) is 4. The molecule has 1 fully saturated rings. The summed E-state index contributed by atoms with van der Waals surface area (Å²) in [5, 5.41) is 8.61. The third kappa shape index (κ3) is 2.52. The van der Waals surface area contributed by atoms with Crippen LogP contribution >= 0.6 is 0 Å². The first-order chi connectivity index (χ1) is 11.3. The fourth-order valence-electron chi connectivity index (χ4n) is 3.49. The second-order valence-corrected chi connectivity index (χ2v) is 6.04. The minimum atomic E-state index is -0.184. The van der Waals surface area contributed by atoms with Crippen LogP contribution in [-0.4, -0.2) is 25.8 Å². The molecule has 1 saturated carbocycles. The molecule has 0 N–H and O–H groups in total. The summed E-state index contributed by atoms with van der Waals surface area (Å²) in [6, 6.07) is 13.5. The van der Waals surface area contributed by atoms with Crippen molar-refractivity contribution in [2.45, 2.75) is 31.7 Å². The zero-order valence-electron chi connectivity index (χ0n) is 12.8. The highest BCUT2D eigenvalue weighted by molar-refractivity contribution is 5.83. The highest BCUT2D eigenvalue weighted by atomic mass is 16.1. The number of pyridine rings is 1. The largest absolute Gasteiger partial charge is 0.299 e. The maximum atomic E-state index is 12.6. The Morgan fingerprint density at radius 3 is 2.78 bits per heavy atom. The van der Waals surface area contributed by atoms with Gasteiger partial charge < -0.3 is 0 Å². The third-order valence-corrected chi connectivity index (χ3v) is 4.61. The van der Waals surface area contributed by atoms with Crippen LogP contribution in [0, 0.1) is 5.92 Å². The van der Waals surface area contributed by atoms with Crippen LogP contribution in [0.2, 0.25) is 0 Å². The quantitative estimate of drug-likeness (QED) is 0.745. The van der Waals surface area contributed by atoms with E-state index < -0.39 is 0 Å². The number of rotatable bonds is 3. The molecule has 0 amide bonds. The molecule has 23 heavy (non-hydrogen) atoms. The van der Waals surface area contributed by atoms with Crippen LogP contribution in [0.4, 0.5) is 0 Å². The summed E-state index contributed by atoms with van der Waals surface area (Å²) < 4.78 is 1.88. The van der Waals surface area contributed by atoms with Crippen LogP contribution in [0.25, 0.3) is 11.0 Å². The van der Waals surface area contributed by atoms with Crippen LogP contribution in [0.1, 0.15) is 37.4 Å². The number of carbonyl (C=O) groups excluding carboxylic acids is 1. The smallest absolute Gasteiger partial charge is 0.138 e. The summed E-state index contributed by atoms with van der Waals surface area (Å²) in [5.41, 5.74) is 2.67. The molecule has 3 aromatic rings. The first kappa shape index (κ1) is 14.1. The van der Waals surface area contributed by atoms with Crippen molar-refractivity contribution in [3.8, 4) is 0 Å². The molecular formula is C18H18N4O. The SMILES string of the molecule is O=C1CCCC[C@@H]1[C@H](c1ccccn1)n1nnc2ccccc21. The van der Waals surface area contributed by atoms with Gasteiger partial charge in [-0.2, -0.15) is 0 Å². The topological polar surface area (TPSA) is 60.7 Å². The van der Waals surface area contributed by atoms with Gasteiger partial charge in [0.05, 0.1) is 11.2 Å². The molecule has 0 bridgehead atoms. The minimum Gasteiger partial charge on any atom is -0.299 e. The van der Waals surface area contributed by atoms with Crippen molar-refractivity contribution < 1.29 is 4.79 Å². The lowest BCUT2D eigenvalue weighted by atomic mass is 9.81. The molecule has 0 aliphatic heterocycles. The molecule has 116 valence electrons. The Hall–Kier alpha value is -2.56. The van der Waals surface area contributed by atoms with E-state index in [-0.39, 0.29) is 12.0 Å². The maximum Gasteiger partial charge on any atom is 0.138 e. The summed E-state index contributed by atoms with van der Waals surface area (Å²) in [7, 11) is 0. The van der Waals surface area contributed by atoms with Crippen molar-refractivity contribution >= 4 is 16.8 Å². The van der Waals surface area contributed by atoms with Gasteiger partial charge in [-0.1, -0.05) is 29.8 Å². The highest BCUT2D eigenvalue weighted by Crippen LogP contribution is 2.35. The van der Waals surface area contributed by atoms with Gasteiger partial charge in [0.25, 0.3) is 0 Å². The second-order valence-electron chi connectivity index (χ2n) is 6.04. The highest BCUT2D eigenvalue weighted by Gasteiger charge is 2.34. The van der Waals surface area contributed by atoms with Crippen molar-refractivity contribution in [1.29, 1.82) is 0 Å². The van der Waals surface area contributed by atoms with Gasteiger partial charge in [-0.05, 0) is 37.1 Å². The van der Waals surface area contributed by atoms with E-state index in [1.165, 1.54) is 0 Å². The molecule has 1 aromatic carbocycles. The van der Waals surface area contributed by atoms with Gasteiger partial charge >= 0.3 is 0 Å². The van der Waals surface area contributed by atoms with Gasteiger partial charge in [-0.25, -0.2) is 4.68 Å². The fourth-order valence-corrected chi connectivity index (χ4v) is 3.49. The Labute approximate surface area is 134 Å². The summed E-state index contributed by atoms with van der Waals surface area (Å²) >= 11 is 0. The van der Waals surface area contributed by atoms with Gasteiger partial charge in [0.1, 0.15) is 17.3 Å². The van der Waals surface area contributed by atoms with E-state index in [2.05, 4.69) is 15.3 Å². The van der Waals surface area contributed by atoms with Crippen molar-refractivity contribution in [1.82, 2.24) is 20.0 Å². The number of hydrogen-bond acceptors (Lipinski definition) is 4. The number of Topliss-reactive ketones (excluding diaryl/α,β-unsaturated/α-hetero) is 1. The summed E-state index contributed by atoms with van der Waals surface area (Å²) in [4.78, 5) is 17.1. The lowest BCUT2D eigenvalue weighted by Crippen LogP contribution is -2.31. The number of carbonyl (C=O) groups is 1. The molecule has 0 radical (unpaired) electrons. The number of ketones is 1. The predicted octanol–water partition coefficient (Wildman–Crippen LogP) is 3.18. The number of aromatic nitrogens is 4. The van der Waals surface area contributed by atoms with Crippen LogP contribution in [0.15, 0.2) is 48.7 Å². The first-order valence-electron chi connectivity index (χ1n) is 8.08. The monoisotopic (exact) mass is 306 g/mol. The van der Waals surface area contributed by atoms with E-state index in [0.29, 0.717) is 12.2 Å². The Bertz CT molecular complexity index is 827. The Morgan fingerprint density at radius 1 is 1.09 bits per heavy atom. The van der Waals surface area contributed by atoms with Crippen molar-refractivity contribution in [3.05, 3.63) is 54.4 Å². The summed E-state index contributed by atoms with van der Waals surface area (Å²) in [5.74, 6) is 0.232. The van der Waals surface area contributed by atoms with Crippen LogP contribution in [0.5, 0.6) is 0 Å². The van der Waals surface area contributed by atoms with Crippen LogP contribution in [0.3, 0.4) is 0 Å². The molecule has 4 rings (SSSR count). The van der Waals surface area contributed by atoms with Gasteiger partial charge in [-0.3, -0.25) is 9.78 Å². The molecule has 0 spiro atoms. The predicted molar refractivity (Wildman–Crippen MR) is 86.9 cm³/mol. The third-order valence-electron chi connectivity index (χ3n) is 4.61. The lowest BCUT2D eigenvalue weighted by Gasteiger charge is -2.29. The van der Waals surface area contributed by atoms with E-state index in [9.17, 15) is 4.79 Å². The number of fused-ring (bicyclic) bond motifs is 1. The Balaban J connectivity index is 1.86. The standard InChI is InChI=1S/C18H18N4O/c23-17-11-4-1-7-13(17)18(15-9-5-6-12-19-15)22-16-10-3-2-8-14(16)20-21-22/h2-3,5-6,8-10,12-13,18H,1,4,7,11H2/t13-,18+/m0/s1. The molecule has 0 unspecified atom stereocenters. The van der Waals surface area contributed by atoms with Gasteiger partial charge in [-0.15, -0.1) is 5.10 Å². The number of hydrogen-bond donors (Lipinski definition) is 0. The van der Waals surface area contributed by atoms with Gasteiger partial charge in [0.15, 0.2) is 0 Å². The van der Waals surface area contributed by atoms with Crippen molar-refractivity contribution in [2.75, 3.05) is 0 Å². The summed E-state index contributed by atoms with van der Waals surface area (Å²) in [6.07, 6.45) is 5.37. The Kier molecular flexibility index (Phi) is 3.61. The van der Waals surface area contributed by atoms with Gasteiger partial charge in [0, 0.05) is 18.5 Å². The van der Waals surface area contributed by atoms with E-state index in [4.69, 9.17) is 0 Å². The normalized spacial score (nSPS) is 19.8. The summed E-state index contributed by atoms with van der Waals surface area (Å²) in [6.45, 7) is 0. The van der Waals surface area contributed by atoms with Gasteiger partial charge in [0.2, 0.25) is 0 Å². The molecule has 5 nitrogen and oxygen atoms in total. The zero-order valence-corrected chi connectivity index (χ0v) is 12.8. The molecule has 0 saturated heterocycles. The van der Waals surface area contributed by atoms with Crippen molar-refractivity contribution in [3.63, 3.8) is 0 Å². The average molecular weight is 306 g/mol. The molecule has 1 aliphatic carbocycles. The molecular weight excluding hydrogens is 288 g/mol. The molecule has 2 aromatic heterocycles. The molecule has 1 aliphatic rings. The van der Waals surface area contributed by atoms with Crippen LogP contribution in [-0.2, 0) is 4.79 Å². The van der Waals surface area contributed by atoms with Crippen molar-refractivity contribution in [2.24, 2.45) is 5.92 Å². The minimum absolute atomic E-state index is 0.0799. The first-order valence-corrected chi connectivity index (χ1v) is 8.08. The van der Waals surface area contributed by atoms with Crippen LogP contribution < -0.4 is 0 Å². The fraction of sp³-hybridized carbons (Fsp3) is 0.333. The average Bonchev–Trinajstić information content (AvgIpc) is 3.02. The maximum absolute atomic E-state index is 12.6. The molecule has 2 heterocycles. The Morgan fingerprint density at radius 2 is 1.96 bits per heavy atom. The van der Waals surface area contributed by atoms with E-state index in [1.807, 2.05) is 47.1 Å². The van der Waals surface area contributed by atoms with E-state index in [0.717, 1.165) is 36.0 Å². The second kappa shape index (κ2) is 5.91. The molecule has 2 atom stereocenters.